The molecule has 0 spiro atoms. The number of benzene rings is 3. The predicted molar refractivity (Wildman–Crippen MR) is 117 cm³/mol. The molecular weight excluding hydrogens is 392 g/mol. The Morgan fingerprint density at radius 1 is 1.00 bits per heavy atom. The lowest BCUT2D eigenvalue weighted by Gasteiger charge is -2.12. The maximum atomic E-state index is 13.3. The van der Waals surface area contributed by atoms with Crippen LogP contribution in [0.4, 0.5) is 0 Å². The molecule has 0 unspecified atom stereocenters. The highest BCUT2D eigenvalue weighted by Crippen LogP contribution is 2.34. The molecule has 0 fully saturated rings. The maximum absolute atomic E-state index is 13.3. The van der Waals surface area contributed by atoms with Crippen LogP contribution in [0.5, 0.6) is 17.2 Å². The first kappa shape index (κ1) is 18.9. The number of methoxy groups -OCH3 is 1. The summed E-state index contributed by atoms with van der Waals surface area (Å²) >= 11 is 0. The number of carbonyl (C=O) groups is 1. The number of hydrogen-bond acceptors (Lipinski definition) is 5. The summed E-state index contributed by atoms with van der Waals surface area (Å²) in [6.07, 6.45) is 1.85. The number of hydrogen-bond donors (Lipinski definition) is 0. The number of carbonyl (C=O) groups excluding carboxylic acids is 1. The van der Waals surface area contributed by atoms with Crippen LogP contribution in [-0.2, 0) is 11.3 Å². The van der Waals surface area contributed by atoms with Gasteiger partial charge in [-0.2, -0.15) is 5.10 Å². The van der Waals surface area contributed by atoms with Crippen molar-refractivity contribution in [2.24, 2.45) is 5.10 Å². The second-order valence-electron chi connectivity index (χ2n) is 7.20. The third-order valence-electron chi connectivity index (χ3n) is 5.16. The van der Waals surface area contributed by atoms with Gasteiger partial charge in [-0.05, 0) is 41.5 Å². The Kier molecular flexibility index (Phi) is 4.88. The van der Waals surface area contributed by atoms with Crippen molar-refractivity contribution in [3.05, 3.63) is 95.1 Å². The van der Waals surface area contributed by atoms with Gasteiger partial charge in [0.05, 0.1) is 19.2 Å². The molecule has 1 amide bonds. The maximum Gasteiger partial charge on any atom is 0.276 e. The van der Waals surface area contributed by atoms with Crippen LogP contribution in [0, 0.1) is 0 Å². The summed E-state index contributed by atoms with van der Waals surface area (Å²) in [5, 5.41) is 6.17. The molecule has 0 saturated carbocycles. The van der Waals surface area contributed by atoms with E-state index in [-0.39, 0.29) is 12.7 Å². The average Bonchev–Trinajstić information content (AvgIpc) is 3.40. The molecule has 2 aliphatic heterocycles. The van der Waals surface area contributed by atoms with Crippen molar-refractivity contribution < 1.29 is 19.0 Å². The number of nitrogens with zero attached hydrogens (tertiary/aromatic N) is 2. The first-order chi connectivity index (χ1) is 15.2. The predicted octanol–water partition coefficient (Wildman–Crippen LogP) is 4.25. The molecular formula is C25H20N2O4. The third-order valence-corrected chi connectivity index (χ3v) is 5.16. The van der Waals surface area contributed by atoms with Crippen molar-refractivity contribution in [3.63, 3.8) is 0 Å². The molecule has 2 aliphatic rings. The lowest BCUT2D eigenvalue weighted by molar-refractivity contribution is -0.126. The molecule has 154 valence electrons. The van der Waals surface area contributed by atoms with E-state index in [9.17, 15) is 4.79 Å². The first-order valence-electron chi connectivity index (χ1n) is 9.92. The molecule has 0 aliphatic carbocycles. The second kappa shape index (κ2) is 7.99. The van der Waals surface area contributed by atoms with Gasteiger partial charge in [-0.3, -0.25) is 4.79 Å². The number of hydrazone groups is 1. The van der Waals surface area contributed by atoms with E-state index in [0.29, 0.717) is 29.3 Å². The normalized spacial score (nSPS) is 16.0. The van der Waals surface area contributed by atoms with Crippen LogP contribution in [-0.4, -0.2) is 30.5 Å². The molecule has 0 saturated heterocycles. The van der Waals surface area contributed by atoms with Gasteiger partial charge in [-0.25, -0.2) is 5.01 Å². The van der Waals surface area contributed by atoms with E-state index in [4.69, 9.17) is 14.2 Å². The summed E-state index contributed by atoms with van der Waals surface area (Å²) in [7, 11) is 1.62. The number of ether oxygens (including phenoxy) is 3. The fourth-order valence-corrected chi connectivity index (χ4v) is 3.62. The Morgan fingerprint density at radius 3 is 2.68 bits per heavy atom. The zero-order valence-corrected chi connectivity index (χ0v) is 16.9. The van der Waals surface area contributed by atoms with Crippen LogP contribution < -0.4 is 14.2 Å². The fourth-order valence-electron chi connectivity index (χ4n) is 3.62. The van der Waals surface area contributed by atoms with Crippen LogP contribution in [0.25, 0.3) is 6.08 Å². The van der Waals surface area contributed by atoms with Crippen LogP contribution in [0.1, 0.15) is 16.7 Å². The monoisotopic (exact) mass is 412 g/mol. The summed E-state index contributed by atoms with van der Waals surface area (Å²) in [4.78, 5) is 13.3. The van der Waals surface area contributed by atoms with Crippen LogP contribution in [0.3, 0.4) is 0 Å². The number of fused-ring (bicyclic) bond motifs is 1. The molecule has 6 heteroatoms. The Balaban J connectivity index is 1.52. The van der Waals surface area contributed by atoms with E-state index in [1.807, 2.05) is 78.9 Å². The second-order valence-corrected chi connectivity index (χ2v) is 7.20. The fraction of sp³-hybridized carbons (Fsp3) is 0.120. The molecule has 31 heavy (non-hydrogen) atoms. The van der Waals surface area contributed by atoms with Gasteiger partial charge in [0.2, 0.25) is 6.79 Å². The first-order valence-corrected chi connectivity index (χ1v) is 9.92. The van der Waals surface area contributed by atoms with E-state index < -0.39 is 0 Å². The molecule has 0 bridgehead atoms. The summed E-state index contributed by atoms with van der Waals surface area (Å²) < 4.78 is 16.2. The lowest BCUT2D eigenvalue weighted by atomic mass is 10.00. The highest BCUT2D eigenvalue weighted by atomic mass is 16.7. The van der Waals surface area contributed by atoms with Crippen LogP contribution >= 0.6 is 0 Å². The Morgan fingerprint density at radius 2 is 1.84 bits per heavy atom. The van der Waals surface area contributed by atoms with Crippen molar-refractivity contribution in [3.8, 4) is 17.2 Å². The molecule has 3 aromatic rings. The molecule has 6 nitrogen and oxygen atoms in total. The summed E-state index contributed by atoms with van der Waals surface area (Å²) in [5.41, 5.74) is 3.85. The molecule has 3 aromatic carbocycles. The molecule has 2 heterocycles. The van der Waals surface area contributed by atoms with E-state index in [0.717, 1.165) is 22.4 Å². The van der Waals surface area contributed by atoms with Crippen LogP contribution in [0.15, 0.2) is 83.5 Å². The minimum atomic E-state index is -0.153. The van der Waals surface area contributed by atoms with Crippen molar-refractivity contribution in [2.75, 3.05) is 13.9 Å². The zero-order valence-electron chi connectivity index (χ0n) is 16.9. The summed E-state index contributed by atoms with van der Waals surface area (Å²) in [6, 6.07) is 23.0. The van der Waals surface area contributed by atoms with E-state index in [2.05, 4.69) is 5.10 Å². The smallest absolute Gasteiger partial charge is 0.276 e. The van der Waals surface area contributed by atoms with Gasteiger partial charge >= 0.3 is 0 Å². The molecule has 0 radical (unpaired) electrons. The largest absolute Gasteiger partial charge is 0.497 e. The Labute approximate surface area is 180 Å². The van der Waals surface area contributed by atoms with Gasteiger partial charge in [0.15, 0.2) is 11.5 Å². The summed E-state index contributed by atoms with van der Waals surface area (Å²) in [5.74, 6) is 1.97. The Bertz CT molecular complexity index is 1200. The lowest BCUT2D eigenvalue weighted by Crippen LogP contribution is -2.21. The SMILES string of the molecule is COc1cccc(CN2N=C(c3ccccc3)/C(=C/c3ccc4c(c3)OCO4)C2=O)c1. The van der Waals surface area contributed by atoms with E-state index in [1.165, 1.54) is 5.01 Å². The molecule has 0 aromatic heterocycles. The quantitative estimate of drug-likeness (QED) is 0.588. The van der Waals surface area contributed by atoms with Gasteiger partial charge in [-0.1, -0.05) is 48.5 Å². The molecule has 0 N–H and O–H groups in total. The van der Waals surface area contributed by atoms with Gasteiger partial charge in [0.1, 0.15) is 11.5 Å². The standard InChI is InChI=1S/C25H20N2O4/c1-29-20-9-5-6-18(12-20)15-27-25(28)21(24(26-27)19-7-3-2-4-8-19)13-17-10-11-22-23(14-17)31-16-30-22/h2-14H,15-16H2,1H3/b21-13-. The highest BCUT2D eigenvalue weighted by Gasteiger charge is 2.31. The third kappa shape index (κ3) is 3.75. The topological polar surface area (TPSA) is 60.4 Å². The number of amides is 1. The van der Waals surface area contributed by atoms with E-state index >= 15 is 0 Å². The zero-order chi connectivity index (χ0) is 21.2. The Hall–Kier alpha value is -4.06. The van der Waals surface area contributed by atoms with Crippen molar-refractivity contribution >= 4 is 17.7 Å². The van der Waals surface area contributed by atoms with Crippen LogP contribution in [0.2, 0.25) is 0 Å². The minimum Gasteiger partial charge on any atom is -0.497 e. The van der Waals surface area contributed by atoms with Crippen molar-refractivity contribution in [1.82, 2.24) is 5.01 Å². The van der Waals surface area contributed by atoms with Gasteiger partial charge in [0.25, 0.3) is 5.91 Å². The van der Waals surface area contributed by atoms with Gasteiger partial charge < -0.3 is 14.2 Å². The van der Waals surface area contributed by atoms with Gasteiger partial charge in [0, 0.05) is 5.56 Å². The van der Waals surface area contributed by atoms with Crippen molar-refractivity contribution in [2.45, 2.75) is 6.54 Å². The average molecular weight is 412 g/mol. The van der Waals surface area contributed by atoms with E-state index in [1.54, 1.807) is 7.11 Å². The highest BCUT2D eigenvalue weighted by molar-refractivity contribution is 6.33. The number of rotatable bonds is 5. The van der Waals surface area contributed by atoms with Crippen molar-refractivity contribution in [1.29, 1.82) is 0 Å². The molecule has 0 atom stereocenters. The summed E-state index contributed by atoms with van der Waals surface area (Å²) in [6.45, 7) is 0.560. The van der Waals surface area contributed by atoms with Gasteiger partial charge in [-0.15, -0.1) is 0 Å². The minimum absolute atomic E-state index is 0.153. The molecule has 5 rings (SSSR count).